The Morgan fingerprint density at radius 2 is 2.06 bits per heavy atom. The van der Waals surface area contributed by atoms with E-state index in [2.05, 4.69) is 10.4 Å². The van der Waals surface area contributed by atoms with E-state index in [-0.39, 0.29) is 5.75 Å². The van der Waals surface area contributed by atoms with Gasteiger partial charge in [-0.3, -0.25) is 0 Å². The van der Waals surface area contributed by atoms with Gasteiger partial charge in [0.2, 0.25) is 0 Å². The number of aryl methyl sites for hydroxylation is 2. The summed E-state index contributed by atoms with van der Waals surface area (Å²) in [4.78, 5) is 11.7. The maximum Gasteiger partial charge on any atom is 0.368 e. The van der Waals surface area contributed by atoms with Gasteiger partial charge >= 0.3 is 5.69 Å². The Hall–Kier alpha value is -2.18. The van der Waals surface area contributed by atoms with Crippen molar-refractivity contribution >= 4 is 0 Å². The monoisotopic (exact) mass is 238 g/mol. The quantitative estimate of drug-likeness (QED) is 0.760. The Balaban J connectivity index is 2.70. The summed E-state index contributed by atoms with van der Waals surface area (Å²) in [5.41, 5.74) is 0.345. The van der Waals surface area contributed by atoms with Gasteiger partial charge in [-0.2, -0.15) is 9.36 Å². The second kappa shape index (κ2) is 4.00. The van der Waals surface area contributed by atoms with Crippen LogP contribution in [0, 0.1) is 12.7 Å². The molecule has 1 aromatic heterocycles. The SMILES string of the molecule is COc1cc(F)c(C)cc1-n1nnn(C)c1=O. The molecule has 0 fully saturated rings. The summed E-state index contributed by atoms with van der Waals surface area (Å²) < 4.78 is 20.5. The molecule has 0 spiro atoms. The first kappa shape index (κ1) is 11.3. The molecule has 0 aliphatic heterocycles. The van der Waals surface area contributed by atoms with E-state index in [0.29, 0.717) is 11.3 Å². The lowest BCUT2D eigenvalue weighted by Crippen LogP contribution is -2.22. The second-order valence-electron chi connectivity index (χ2n) is 3.57. The van der Waals surface area contributed by atoms with Gasteiger partial charge in [0, 0.05) is 13.1 Å². The number of ether oxygens (including phenoxy) is 1. The highest BCUT2D eigenvalue weighted by Gasteiger charge is 2.14. The van der Waals surface area contributed by atoms with Crippen LogP contribution in [0.25, 0.3) is 5.69 Å². The van der Waals surface area contributed by atoms with E-state index in [0.717, 1.165) is 9.36 Å². The van der Waals surface area contributed by atoms with E-state index in [4.69, 9.17) is 4.74 Å². The highest BCUT2D eigenvalue weighted by Crippen LogP contribution is 2.24. The molecule has 0 saturated heterocycles. The van der Waals surface area contributed by atoms with Gasteiger partial charge in [-0.05, 0) is 29.0 Å². The molecule has 2 rings (SSSR count). The number of tetrazole rings is 1. The van der Waals surface area contributed by atoms with Gasteiger partial charge in [0.1, 0.15) is 17.3 Å². The molecule has 0 radical (unpaired) electrons. The molecule has 6 nitrogen and oxygen atoms in total. The Labute approximate surface area is 96.2 Å². The van der Waals surface area contributed by atoms with Gasteiger partial charge in [-0.25, -0.2) is 9.18 Å². The van der Waals surface area contributed by atoms with Crippen LogP contribution in [-0.2, 0) is 7.05 Å². The number of halogens is 1. The van der Waals surface area contributed by atoms with Gasteiger partial charge in [-0.15, -0.1) is 0 Å². The molecule has 0 aliphatic rings. The predicted molar refractivity (Wildman–Crippen MR) is 57.8 cm³/mol. The minimum absolute atomic E-state index is 0.232. The molecule has 0 aliphatic carbocycles. The second-order valence-corrected chi connectivity index (χ2v) is 3.57. The average molecular weight is 238 g/mol. The van der Waals surface area contributed by atoms with Gasteiger partial charge in [0.25, 0.3) is 0 Å². The summed E-state index contributed by atoms with van der Waals surface area (Å²) in [6, 6.07) is 2.70. The van der Waals surface area contributed by atoms with Crippen molar-refractivity contribution < 1.29 is 9.13 Å². The lowest BCUT2D eigenvalue weighted by atomic mass is 10.2. The number of hydrogen-bond donors (Lipinski definition) is 0. The van der Waals surface area contributed by atoms with Crippen molar-refractivity contribution in [3.63, 3.8) is 0 Å². The van der Waals surface area contributed by atoms with Crippen molar-refractivity contribution in [3.05, 3.63) is 34.0 Å². The fourth-order valence-electron chi connectivity index (χ4n) is 1.44. The third-order valence-electron chi connectivity index (χ3n) is 2.41. The lowest BCUT2D eigenvalue weighted by molar-refractivity contribution is 0.407. The number of aromatic nitrogens is 4. The van der Waals surface area contributed by atoms with E-state index in [9.17, 15) is 9.18 Å². The van der Waals surface area contributed by atoms with Crippen molar-refractivity contribution in [1.82, 2.24) is 19.8 Å². The van der Waals surface area contributed by atoms with Crippen LogP contribution >= 0.6 is 0 Å². The number of benzene rings is 1. The summed E-state index contributed by atoms with van der Waals surface area (Å²) in [5.74, 6) is -0.168. The molecule has 1 aromatic carbocycles. The van der Waals surface area contributed by atoms with Gasteiger partial charge in [-0.1, -0.05) is 0 Å². The van der Waals surface area contributed by atoms with Crippen molar-refractivity contribution in [3.8, 4) is 11.4 Å². The van der Waals surface area contributed by atoms with Crippen molar-refractivity contribution in [2.75, 3.05) is 7.11 Å². The Morgan fingerprint density at radius 3 is 2.59 bits per heavy atom. The van der Waals surface area contributed by atoms with Crippen molar-refractivity contribution in [1.29, 1.82) is 0 Å². The fourth-order valence-corrected chi connectivity index (χ4v) is 1.44. The Bertz CT molecular complexity index is 617. The molecule has 1 heterocycles. The van der Waals surface area contributed by atoms with E-state index in [1.54, 1.807) is 6.92 Å². The maximum atomic E-state index is 13.4. The first-order valence-corrected chi connectivity index (χ1v) is 4.88. The summed E-state index contributed by atoms with van der Waals surface area (Å²) >= 11 is 0. The summed E-state index contributed by atoms with van der Waals surface area (Å²) in [5, 5.41) is 7.27. The van der Waals surface area contributed by atoms with Crippen LogP contribution in [0.5, 0.6) is 5.75 Å². The van der Waals surface area contributed by atoms with Crippen molar-refractivity contribution in [2.45, 2.75) is 6.92 Å². The zero-order chi connectivity index (χ0) is 12.6. The summed E-state index contributed by atoms with van der Waals surface area (Å²) in [6.07, 6.45) is 0. The third-order valence-corrected chi connectivity index (χ3v) is 2.41. The predicted octanol–water partition coefficient (Wildman–Crippen LogP) is 0.422. The van der Waals surface area contributed by atoms with Crippen LogP contribution < -0.4 is 10.4 Å². The zero-order valence-electron chi connectivity index (χ0n) is 9.64. The molecule has 0 saturated carbocycles. The van der Waals surface area contributed by atoms with Crippen LogP contribution in [0.4, 0.5) is 4.39 Å². The van der Waals surface area contributed by atoms with E-state index >= 15 is 0 Å². The standard InChI is InChI=1S/C10H11FN4O2/c1-6-4-8(9(17-3)5-7(6)11)15-10(16)14(2)12-13-15/h4-5H,1-3H3. The highest BCUT2D eigenvalue weighted by atomic mass is 19.1. The largest absolute Gasteiger partial charge is 0.494 e. The van der Waals surface area contributed by atoms with Crippen LogP contribution in [0.15, 0.2) is 16.9 Å². The number of rotatable bonds is 2. The molecule has 0 N–H and O–H groups in total. The normalized spacial score (nSPS) is 10.6. The maximum absolute atomic E-state index is 13.4. The molecule has 0 unspecified atom stereocenters. The van der Waals surface area contributed by atoms with Gasteiger partial charge < -0.3 is 4.74 Å². The van der Waals surface area contributed by atoms with Crippen LogP contribution in [0.3, 0.4) is 0 Å². The smallest absolute Gasteiger partial charge is 0.368 e. The molecule has 7 heteroatoms. The van der Waals surface area contributed by atoms with Crippen LogP contribution in [-0.4, -0.2) is 26.9 Å². The Morgan fingerprint density at radius 1 is 1.35 bits per heavy atom. The minimum Gasteiger partial charge on any atom is -0.494 e. The third kappa shape index (κ3) is 1.79. The fraction of sp³-hybridized carbons (Fsp3) is 0.300. The zero-order valence-corrected chi connectivity index (χ0v) is 9.64. The van der Waals surface area contributed by atoms with Crippen molar-refractivity contribution in [2.24, 2.45) is 7.05 Å². The van der Waals surface area contributed by atoms with Gasteiger partial charge in [0.05, 0.1) is 7.11 Å². The Kier molecular flexibility index (Phi) is 2.66. The molecule has 90 valence electrons. The highest BCUT2D eigenvalue weighted by molar-refractivity contribution is 5.48. The molecule has 0 bridgehead atoms. The van der Waals surface area contributed by atoms with Crippen LogP contribution in [0.2, 0.25) is 0 Å². The lowest BCUT2D eigenvalue weighted by Gasteiger charge is -2.08. The van der Waals surface area contributed by atoms with Gasteiger partial charge in [0.15, 0.2) is 0 Å². The van der Waals surface area contributed by atoms with E-state index < -0.39 is 11.5 Å². The summed E-state index contributed by atoms with van der Waals surface area (Å²) in [7, 11) is 2.88. The molecule has 2 aromatic rings. The topological polar surface area (TPSA) is 61.9 Å². The number of hydrogen-bond acceptors (Lipinski definition) is 4. The average Bonchev–Trinajstić information content (AvgIpc) is 2.63. The van der Waals surface area contributed by atoms with Crippen LogP contribution in [0.1, 0.15) is 5.56 Å². The number of methoxy groups -OCH3 is 1. The first-order valence-electron chi connectivity index (χ1n) is 4.88. The number of nitrogens with zero attached hydrogens (tertiary/aromatic N) is 4. The van der Waals surface area contributed by atoms with E-state index in [1.165, 1.54) is 26.3 Å². The molecular weight excluding hydrogens is 227 g/mol. The minimum atomic E-state index is -0.422. The van der Waals surface area contributed by atoms with E-state index in [1.807, 2.05) is 0 Å². The molecule has 17 heavy (non-hydrogen) atoms. The molecular formula is C10H11FN4O2. The first-order chi connectivity index (χ1) is 8.04. The molecule has 0 atom stereocenters. The molecule has 0 amide bonds. The summed E-state index contributed by atoms with van der Waals surface area (Å²) in [6.45, 7) is 1.60.